The van der Waals surface area contributed by atoms with E-state index < -0.39 is 0 Å². The fraction of sp³-hybridized carbons (Fsp3) is 0.474. The van der Waals surface area contributed by atoms with Crippen LogP contribution in [0.1, 0.15) is 194 Å². The van der Waals surface area contributed by atoms with E-state index in [2.05, 4.69) is 127 Å². The predicted octanol–water partition coefficient (Wildman–Crippen LogP) is 16.4. The van der Waals surface area contributed by atoms with Crippen LogP contribution in [0.5, 0.6) is 0 Å². The fourth-order valence-electron chi connectivity index (χ4n) is 7.31. The van der Waals surface area contributed by atoms with E-state index in [4.69, 9.17) is 9.47 Å². The van der Waals surface area contributed by atoms with Gasteiger partial charge in [0.25, 0.3) is 6.47 Å². The second kappa shape index (κ2) is 28.6. The van der Waals surface area contributed by atoms with Crippen LogP contribution in [-0.2, 0) is 28.7 Å². The van der Waals surface area contributed by atoms with Crippen LogP contribution < -0.4 is 0 Å². The summed E-state index contributed by atoms with van der Waals surface area (Å²) in [5, 5.41) is 4.81. The molecule has 5 aromatic carbocycles. The highest BCUT2D eigenvalue weighted by Gasteiger charge is 2.31. The standard InChI is InChI=1S/C40H38O4.C5H12.C4H8O.C3H6O.C3H8.C2H6/c1-4-40(42)44-39-16-15-38(43-23-41)35-14-12-31(22-37(35)39)27-8-10-29-19-32-17-26(7-9-28(32)20-33(29)18-27)30-11-13-34-24(2)5-6-25(3)36(34)21-30;1-4-5(2)3;1-3-4(2)5;1-2-3-4;1-3-2;1-2/h7-14,17-25,38-39H,4-6,15-16H2,1-3H3;5H,4H2,1-3H3;3H2,1-2H3;3H,2H2,1H3;3H2,1-2H3;1-2H3. The molecule has 63 heavy (non-hydrogen) atoms. The molecule has 6 heteroatoms. The summed E-state index contributed by atoms with van der Waals surface area (Å²) in [5.41, 5.74) is 9.53. The van der Waals surface area contributed by atoms with E-state index in [1.165, 1.54) is 69.5 Å². The van der Waals surface area contributed by atoms with Crippen molar-refractivity contribution in [3.05, 3.63) is 107 Å². The second-order valence-corrected chi connectivity index (χ2v) is 16.8. The summed E-state index contributed by atoms with van der Waals surface area (Å²) in [5.74, 6) is 2.16. The Bertz CT molecular complexity index is 2180. The molecule has 6 nitrogen and oxygen atoms in total. The molecule has 0 N–H and O–H groups in total. The number of carbonyl (C=O) groups excluding carboxylic acids is 4. The smallest absolute Gasteiger partial charge is 0.306 e. The molecular formula is C57H78O6. The summed E-state index contributed by atoms with van der Waals surface area (Å²) < 4.78 is 11.2. The first-order chi connectivity index (χ1) is 30.3. The van der Waals surface area contributed by atoms with Crippen LogP contribution in [0.4, 0.5) is 0 Å². The summed E-state index contributed by atoms with van der Waals surface area (Å²) in [7, 11) is 0. The highest BCUT2D eigenvalue weighted by atomic mass is 16.5. The van der Waals surface area contributed by atoms with E-state index in [1.54, 1.807) is 13.8 Å². The van der Waals surface area contributed by atoms with Crippen LogP contribution in [0.15, 0.2) is 84.9 Å². The van der Waals surface area contributed by atoms with Crippen molar-refractivity contribution >= 4 is 46.1 Å². The van der Waals surface area contributed by atoms with Gasteiger partial charge in [0.1, 0.15) is 24.3 Å². The molecule has 0 heterocycles. The van der Waals surface area contributed by atoms with Crippen molar-refractivity contribution in [3.63, 3.8) is 0 Å². The van der Waals surface area contributed by atoms with Gasteiger partial charge in [0.05, 0.1) is 0 Å². The number of benzene rings is 5. The summed E-state index contributed by atoms with van der Waals surface area (Å²) in [6.45, 7) is 27.2. The Balaban J connectivity index is 0.000000612. The normalized spacial score (nSPS) is 16.8. The number of rotatable bonds is 9. The van der Waals surface area contributed by atoms with Crippen molar-refractivity contribution in [2.75, 3.05) is 0 Å². The van der Waals surface area contributed by atoms with Crippen molar-refractivity contribution in [2.45, 2.75) is 172 Å². The monoisotopic (exact) mass is 859 g/mol. The molecule has 4 atom stereocenters. The topological polar surface area (TPSA) is 86.7 Å². The maximum Gasteiger partial charge on any atom is 0.306 e. The van der Waals surface area contributed by atoms with Crippen molar-refractivity contribution in [1.82, 2.24) is 0 Å². The van der Waals surface area contributed by atoms with Crippen LogP contribution in [0, 0.1) is 5.92 Å². The Kier molecular flexibility index (Phi) is 24.5. The Morgan fingerprint density at radius 2 is 1.00 bits per heavy atom. The molecule has 0 spiro atoms. The number of fused-ring (bicyclic) bond motifs is 4. The lowest BCUT2D eigenvalue weighted by Gasteiger charge is -2.30. The molecule has 5 aromatic rings. The summed E-state index contributed by atoms with van der Waals surface area (Å²) in [6.07, 6.45) is 8.18. The van der Waals surface area contributed by atoms with Crippen LogP contribution in [0.3, 0.4) is 0 Å². The summed E-state index contributed by atoms with van der Waals surface area (Å²) >= 11 is 0. The molecule has 0 radical (unpaired) electrons. The van der Waals surface area contributed by atoms with E-state index in [1.807, 2.05) is 33.8 Å². The molecule has 2 aliphatic rings. The van der Waals surface area contributed by atoms with Crippen molar-refractivity contribution in [2.24, 2.45) is 5.92 Å². The average Bonchev–Trinajstić information content (AvgIpc) is 3.31. The lowest BCUT2D eigenvalue weighted by molar-refractivity contribution is -0.151. The minimum atomic E-state index is -0.343. The summed E-state index contributed by atoms with van der Waals surface area (Å²) in [4.78, 5) is 42.3. The highest BCUT2D eigenvalue weighted by molar-refractivity contribution is 6.01. The SMILES string of the molecule is CC.CCC.CCC(=O)OC1CCC(OC=O)c2ccc(-c3ccc4cc5cc(-c6ccc7c(c6)C(C)CCC7C)ccc5cc4c3)cc21.CCC(C)=O.CCC(C)C.CCC=O. The van der Waals surface area contributed by atoms with Gasteiger partial charge in [-0.2, -0.15) is 0 Å². The molecule has 0 aliphatic heterocycles. The van der Waals surface area contributed by atoms with Crippen LogP contribution in [-0.4, -0.2) is 24.5 Å². The Morgan fingerprint density at radius 3 is 1.43 bits per heavy atom. The molecule has 0 saturated carbocycles. The minimum Gasteiger partial charge on any atom is -0.460 e. The number of hydrogen-bond acceptors (Lipinski definition) is 6. The van der Waals surface area contributed by atoms with Crippen LogP contribution in [0.25, 0.3) is 43.8 Å². The van der Waals surface area contributed by atoms with E-state index in [0.29, 0.717) is 50.4 Å². The molecule has 0 amide bonds. The summed E-state index contributed by atoms with van der Waals surface area (Å²) in [6, 6.07) is 31.2. The zero-order chi connectivity index (χ0) is 47.1. The number of hydrogen-bond donors (Lipinski definition) is 0. The third-order valence-corrected chi connectivity index (χ3v) is 11.4. The van der Waals surface area contributed by atoms with Crippen LogP contribution >= 0.6 is 0 Å². The zero-order valence-electron chi connectivity index (χ0n) is 40.9. The van der Waals surface area contributed by atoms with Crippen molar-refractivity contribution < 1.29 is 28.7 Å². The van der Waals surface area contributed by atoms with Crippen molar-refractivity contribution in [1.29, 1.82) is 0 Å². The molecule has 7 rings (SSSR count). The maximum absolute atomic E-state index is 12.2. The van der Waals surface area contributed by atoms with Gasteiger partial charge in [-0.1, -0.05) is 151 Å². The highest BCUT2D eigenvalue weighted by Crippen LogP contribution is 2.43. The van der Waals surface area contributed by atoms with Gasteiger partial charge in [-0.3, -0.25) is 9.59 Å². The molecule has 342 valence electrons. The lowest BCUT2D eigenvalue weighted by Crippen LogP contribution is -2.20. The van der Waals surface area contributed by atoms with E-state index >= 15 is 0 Å². The average molecular weight is 859 g/mol. The minimum absolute atomic E-state index is 0.224. The lowest BCUT2D eigenvalue weighted by atomic mass is 9.77. The first kappa shape index (κ1) is 54.0. The zero-order valence-corrected chi connectivity index (χ0v) is 40.9. The van der Waals surface area contributed by atoms with E-state index in [0.717, 1.165) is 34.5 Å². The largest absolute Gasteiger partial charge is 0.460 e. The van der Waals surface area contributed by atoms with Gasteiger partial charge < -0.3 is 19.1 Å². The first-order valence-electron chi connectivity index (χ1n) is 23.8. The van der Waals surface area contributed by atoms with Gasteiger partial charge in [-0.15, -0.1) is 0 Å². The Labute approximate surface area is 380 Å². The van der Waals surface area contributed by atoms with Crippen molar-refractivity contribution in [3.8, 4) is 22.3 Å². The predicted molar refractivity (Wildman–Crippen MR) is 266 cm³/mol. The number of ether oxygens (including phenoxy) is 2. The number of Topliss-reactive ketones (excluding diaryl/α,β-unsaturated/α-hetero) is 1. The van der Waals surface area contributed by atoms with E-state index in [-0.39, 0.29) is 24.0 Å². The molecule has 0 fully saturated rings. The fourth-order valence-corrected chi connectivity index (χ4v) is 7.31. The van der Waals surface area contributed by atoms with Gasteiger partial charge >= 0.3 is 5.97 Å². The third kappa shape index (κ3) is 16.2. The van der Waals surface area contributed by atoms with E-state index in [9.17, 15) is 19.2 Å². The van der Waals surface area contributed by atoms with Gasteiger partial charge in [-0.05, 0) is 147 Å². The van der Waals surface area contributed by atoms with Gasteiger partial charge in [0, 0.05) is 19.3 Å². The maximum atomic E-state index is 12.2. The van der Waals surface area contributed by atoms with Gasteiger partial charge in [-0.25, -0.2) is 0 Å². The molecule has 0 aromatic heterocycles. The Morgan fingerprint density at radius 1 is 0.587 bits per heavy atom. The number of ketones is 1. The molecular weight excluding hydrogens is 781 g/mol. The van der Waals surface area contributed by atoms with Crippen LogP contribution in [0.2, 0.25) is 0 Å². The first-order valence-corrected chi connectivity index (χ1v) is 23.8. The van der Waals surface area contributed by atoms with Gasteiger partial charge in [0.2, 0.25) is 0 Å². The Hall–Kier alpha value is -5.10. The molecule has 0 saturated heterocycles. The second-order valence-electron chi connectivity index (χ2n) is 16.8. The third-order valence-electron chi connectivity index (χ3n) is 11.4. The number of esters is 1. The molecule has 2 aliphatic carbocycles. The quantitative estimate of drug-likeness (QED) is 0.0833. The molecule has 0 bridgehead atoms. The number of carbonyl (C=O) groups is 4. The number of aldehydes is 1. The van der Waals surface area contributed by atoms with Gasteiger partial charge in [0.15, 0.2) is 0 Å². The molecule has 4 unspecified atom stereocenters.